The number of halogens is 2. The molecule has 5 heteroatoms. The zero-order valence-electron chi connectivity index (χ0n) is 7.01. The van der Waals surface area contributed by atoms with Crippen LogP contribution in [0.25, 0.3) is 0 Å². The van der Waals surface area contributed by atoms with Crippen LogP contribution >= 0.6 is 17.0 Å². The van der Waals surface area contributed by atoms with Gasteiger partial charge in [-0.1, -0.05) is 12.1 Å². The zero-order chi connectivity index (χ0) is 10.3. The second kappa shape index (κ2) is 7.55. The molecule has 2 nitrogen and oxygen atoms in total. The molecular weight excluding hydrogens is 288 g/mol. The number of hydrogen-bond donors (Lipinski definition) is 2. The molecule has 2 N–H and O–H groups in total. The van der Waals surface area contributed by atoms with Crippen LogP contribution in [-0.4, -0.2) is 11.3 Å². The Bertz CT molecular complexity index is 281. The van der Waals surface area contributed by atoms with Crippen molar-refractivity contribution in [2.45, 2.75) is 6.92 Å². The second-order valence-electron chi connectivity index (χ2n) is 2.23. The number of hydrogen-bond acceptors (Lipinski definition) is 2. The normalized spacial score (nSPS) is 8.23. The molecule has 0 saturated heterocycles. The van der Waals surface area contributed by atoms with Gasteiger partial charge in [-0.3, -0.25) is 0 Å². The molecule has 0 saturated carbocycles. The van der Waals surface area contributed by atoms with E-state index in [1.54, 1.807) is 6.07 Å². The number of rotatable bonds is 1. The van der Waals surface area contributed by atoms with Gasteiger partial charge in [0, 0.05) is 11.8 Å². The Morgan fingerprint density at radius 1 is 1.46 bits per heavy atom. The van der Waals surface area contributed by atoms with Crippen molar-refractivity contribution in [2.24, 2.45) is 0 Å². The summed E-state index contributed by atoms with van der Waals surface area (Å²) in [6, 6.07) is 5.33. The average Bonchev–Trinajstić information content (AvgIpc) is 2.11. The average molecular weight is 297 g/mol. The van der Waals surface area contributed by atoms with E-state index in [1.807, 2.05) is 19.1 Å². The number of nitrogens with one attached hydrogen (secondary N) is 1. The summed E-state index contributed by atoms with van der Waals surface area (Å²) in [5, 5.41) is 16.1. The molecule has 0 atom stereocenters. The van der Waals surface area contributed by atoms with Crippen molar-refractivity contribution in [3.8, 4) is 5.75 Å². The number of phenols is 1. The monoisotopic (exact) mass is 295 g/mol. The molecule has 1 aromatic carbocycles. The summed E-state index contributed by atoms with van der Waals surface area (Å²) in [4.78, 5) is 0. The van der Waals surface area contributed by atoms with Gasteiger partial charge in [-0.2, -0.15) is 0 Å². The van der Waals surface area contributed by atoms with Crippen molar-refractivity contribution < 1.29 is 26.0 Å². The van der Waals surface area contributed by atoms with Crippen molar-refractivity contribution in [1.82, 2.24) is 0 Å². The van der Waals surface area contributed by atoms with E-state index >= 15 is 0 Å². The Labute approximate surface area is 96.1 Å². The number of aromatic hydroxyl groups is 1. The van der Waals surface area contributed by atoms with Crippen molar-refractivity contribution in [3.63, 3.8) is 0 Å². The summed E-state index contributed by atoms with van der Waals surface area (Å²) in [6.45, 7) is 1.81. The molecule has 0 radical (unpaired) electrons. The first kappa shape index (κ1) is 13.2. The van der Waals surface area contributed by atoms with Gasteiger partial charge >= 0.3 is 37.9 Å². The molecule has 0 aliphatic rings. The van der Waals surface area contributed by atoms with Gasteiger partial charge in [0.1, 0.15) is 5.75 Å². The topological polar surface area (TPSA) is 44.1 Å². The fourth-order valence-corrected chi connectivity index (χ4v) is 0.798. The van der Waals surface area contributed by atoms with Crippen molar-refractivity contribution in [1.29, 1.82) is 5.41 Å². The van der Waals surface area contributed by atoms with Crippen LogP contribution < -0.4 is 0 Å². The van der Waals surface area contributed by atoms with E-state index < -0.39 is 20.8 Å². The third-order valence-electron chi connectivity index (χ3n) is 1.42. The molecule has 0 spiro atoms. The van der Waals surface area contributed by atoms with Crippen LogP contribution in [0.1, 0.15) is 11.1 Å². The molecule has 0 heterocycles. The van der Waals surface area contributed by atoms with Gasteiger partial charge < -0.3 is 10.5 Å². The maximum absolute atomic E-state index is 9.25. The Morgan fingerprint density at radius 2 is 2.00 bits per heavy atom. The second-order valence-corrected chi connectivity index (χ2v) is 5.96. The number of benzene rings is 1. The maximum atomic E-state index is 9.25. The Balaban J connectivity index is 0.000000424. The Morgan fingerprint density at radius 3 is 2.38 bits per heavy atom. The first-order chi connectivity index (χ1) is 6.17. The minimum atomic E-state index is -0.826. The fourth-order valence-electron chi connectivity index (χ4n) is 0.798. The third kappa shape index (κ3) is 4.80. The van der Waals surface area contributed by atoms with E-state index in [0.717, 1.165) is 11.8 Å². The number of aryl methyl sites for hydroxylation is 1. The van der Waals surface area contributed by atoms with E-state index in [4.69, 9.17) is 22.4 Å². The van der Waals surface area contributed by atoms with Crippen LogP contribution in [0.3, 0.4) is 0 Å². The van der Waals surface area contributed by atoms with Crippen molar-refractivity contribution in [2.75, 3.05) is 0 Å². The molecule has 0 aromatic heterocycles. The van der Waals surface area contributed by atoms with E-state index in [0.29, 0.717) is 5.56 Å². The van der Waals surface area contributed by atoms with Gasteiger partial charge in [-0.05, 0) is 18.6 Å². The Hall–Kier alpha value is 0.153. The van der Waals surface area contributed by atoms with Gasteiger partial charge in [-0.15, -0.1) is 0 Å². The quantitative estimate of drug-likeness (QED) is 0.769. The van der Waals surface area contributed by atoms with Crippen LogP contribution in [0.15, 0.2) is 18.2 Å². The molecule has 13 heavy (non-hydrogen) atoms. The number of para-hydroxylation sites is 1. The molecule has 0 fully saturated rings. The first-order valence-electron chi connectivity index (χ1n) is 3.42. The molecule has 70 valence electrons. The summed E-state index contributed by atoms with van der Waals surface area (Å²) in [5.41, 5.74) is 1.38. The molecule has 0 bridgehead atoms. The first-order valence-corrected chi connectivity index (χ1v) is 9.75. The molecule has 1 aromatic rings. The van der Waals surface area contributed by atoms with Gasteiger partial charge in [0.15, 0.2) is 0 Å². The van der Waals surface area contributed by atoms with Crippen LogP contribution in [0.2, 0.25) is 0 Å². The standard InChI is InChI=1S/C8H9NO.2ClH.Zr/c1-6-3-2-4-7(5-9)8(6)10;;;/h2-5,9-10H,1H3;2*1H;/q;;;+2/p-2. The Kier molecular flexibility index (Phi) is 7.64. The van der Waals surface area contributed by atoms with Gasteiger partial charge in [-0.25, -0.2) is 0 Å². The van der Waals surface area contributed by atoms with E-state index in [-0.39, 0.29) is 5.75 Å². The summed E-state index contributed by atoms with van der Waals surface area (Å²) < 4.78 is 0. The van der Waals surface area contributed by atoms with E-state index in [9.17, 15) is 5.11 Å². The molecule has 0 amide bonds. The van der Waals surface area contributed by atoms with Crippen molar-refractivity contribution in [3.05, 3.63) is 29.3 Å². The number of phenolic OH excluding ortho intramolecular Hbond substituents is 1. The van der Waals surface area contributed by atoms with E-state index in [1.165, 1.54) is 0 Å². The predicted molar refractivity (Wildman–Crippen MR) is 52.4 cm³/mol. The summed E-state index contributed by atoms with van der Waals surface area (Å²) in [7, 11) is 9.87. The fraction of sp³-hybridized carbons (Fsp3) is 0.125. The van der Waals surface area contributed by atoms with Crippen LogP contribution in [0, 0.1) is 12.3 Å². The summed E-state index contributed by atoms with van der Waals surface area (Å²) in [5.74, 6) is 0.206. The molecule has 0 aliphatic heterocycles. The SMILES string of the molecule is Cc1cccc(C=N)c1O.[Cl][Zr][Cl]. The minimum absolute atomic E-state index is 0.206. The third-order valence-corrected chi connectivity index (χ3v) is 1.42. The van der Waals surface area contributed by atoms with Crippen molar-refractivity contribution >= 4 is 23.2 Å². The summed E-state index contributed by atoms with van der Waals surface area (Å²) in [6.07, 6.45) is 1.14. The molecular formula is C8H9Cl2NOZr. The molecule has 1 rings (SSSR count). The van der Waals surface area contributed by atoms with Gasteiger partial charge in [0.05, 0.1) is 0 Å². The van der Waals surface area contributed by atoms with Gasteiger partial charge in [0.25, 0.3) is 0 Å². The van der Waals surface area contributed by atoms with Crippen LogP contribution in [0.4, 0.5) is 0 Å². The van der Waals surface area contributed by atoms with Crippen LogP contribution in [0.5, 0.6) is 5.75 Å². The van der Waals surface area contributed by atoms with Gasteiger partial charge in [0.2, 0.25) is 0 Å². The summed E-state index contributed by atoms with van der Waals surface area (Å²) >= 11 is -0.826. The zero-order valence-corrected chi connectivity index (χ0v) is 11.0. The molecule has 0 unspecified atom stereocenters. The van der Waals surface area contributed by atoms with Crippen LogP contribution in [-0.2, 0) is 20.8 Å². The predicted octanol–water partition coefficient (Wildman–Crippen LogP) is 3.07. The molecule has 0 aliphatic carbocycles. The van der Waals surface area contributed by atoms with E-state index in [2.05, 4.69) is 0 Å².